The molecular weight excluding hydrogens is 262 g/mol. The number of hydrogen-bond donors (Lipinski definition) is 3. The van der Waals surface area contributed by atoms with Gasteiger partial charge in [0, 0.05) is 5.56 Å². The van der Waals surface area contributed by atoms with Crippen LogP contribution < -0.4 is 26.5 Å². The molecule has 0 aromatic heterocycles. The fraction of sp³-hybridized carbons (Fsp3) is 0.385. The topological polar surface area (TPSA) is 117 Å². The molecule has 1 rings (SSSR count). The predicted molar refractivity (Wildman–Crippen MR) is 73.2 cm³/mol. The summed E-state index contributed by atoms with van der Waals surface area (Å²) in [4.78, 5) is 22.7. The van der Waals surface area contributed by atoms with Gasteiger partial charge in [-0.2, -0.15) is 0 Å². The van der Waals surface area contributed by atoms with E-state index >= 15 is 0 Å². The van der Waals surface area contributed by atoms with Crippen molar-refractivity contribution in [1.82, 2.24) is 5.43 Å². The summed E-state index contributed by atoms with van der Waals surface area (Å²) in [7, 11) is 1.44. The number of primary amides is 1. The molecule has 1 atom stereocenters. The van der Waals surface area contributed by atoms with Gasteiger partial charge >= 0.3 is 0 Å². The third-order valence-corrected chi connectivity index (χ3v) is 2.70. The Bertz CT molecular complexity index is 491. The molecule has 1 aromatic carbocycles. The van der Waals surface area contributed by atoms with Gasteiger partial charge in [-0.3, -0.25) is 15.0 Å². The standard InChI is InChI=1S/C13H19N3O4/c1-3-4-10(13(18)16-15)20-9-6-5-8(12(14)17)7-11(9)19-2/h5-7,10H,3-4,15H2,1-2H3,(H2,14,17)(H,16,18). The molecular formula is C13H19N3O4. The van der Waals surface area contributed by atoms with E-state index in [4.69, 9.17) is 21.1 Å². The van der Waals surface area contributed by atoms with Gasteiger partial charge in [-0.25, -0.2) is 5.84 Å². The van der Waals surface area contributed by atoms with E-state index in [2.05, 4.69) is 5.43 Å². The Labute approximate surface area is 117 Å². The van der Waals surface area contributed by atoms with Crippen LogP contribution in [0.3, 0.4) is 0 Å². The highest BCUT2D eigenvalue weighted by Crippen LogP contribution is 2.29. The molecule has 0 aliphatic carbocycles. The SMILES string of the molecule is CCCC(Oc1ccc(C(N)=O)cc1OC)C(=O)NN. The first kappa shape index (κ1) is 15.8. The van der Waals surface area contributed by atoms with Crippen LogP contribution in [0.15, 0.2) is 18.2 Å². The fourth-order valence-electron chi connectivity index (χ4n) is 1.67. The molecule has 2 amide bonds. The largest absolute Gasteiger partial charge is 0.493 e. The molecule has 0 bridgehead atoms. The van der Waals surface area contributed by atoms with Crippen LogP contribution in [0.1, 0.15) is 30.1 Å². The minimum atomic E-state index is -0.724. The fourth-order valence-corrected chi connectivity index (χ4v) is 1.67. The molecule has 20 heavy (non-hydrogen) atoms. The van der Waals surface area contributed by atoms with Crippen molar-refractivity contribution < 1.29 is 19.1 Å². The Balaban J connectivity index is 3.00. The number of carbonyl (C=O) groups excluding carboxylic acids is 2. The van der Waals surface area contributed by atoms with E-state index in [1.165, 1.54) is 25.3 Å². The lowest BCUT2D eigenvalue weighted by atomic mass is 10.1. The molecule has 0 saturated heterocycles. The maximum absolute atomic E-state index is 11.6. The van der Waals surface area contributed by atoms with Crippen LogP contribution in [0.25, 0.3) is 0 Å². The third-order valence-electron chi connectivity index (χ3n) is 2.70. The van der Waals surface area contributed by atoms with Gasteiger partial charge in [0.15, 0.2) is 17.6 Å². The second-order valence-electron chi connectivity index (χ2n) is 4.13. The van der Waals surface area contributed by atoms with E-state index in [-0.39, 0.29) is 0 Å². The van der Waals surface area contributed by atoms with Crippen LogP contribution in [0.5, 0.6) is 11.5 Å². The monoisotopic (exact) mass is 281 g/mol. The molecule has 5 N–H and O–H groups in total. The van der Waals surface area contributed by atoms with Crippen LogP contribution >= 0.6 is 0 Å². The number of carbonyl (C=O) groups is 2. The second-order valence-corrected chi connectivity index (χ2v) is 4.13. The van der Waals surface area contributed by atoms with Gasteiger partial charge < -0.3 is 15.2 Å². The van der Waals surface area contributed by atoms with Gasteiger partial charge in [-0.1, -0.05) is 13.3 Å². The molecule has 0 fully saturated rings. The summed E-state index contributed by atoms with van der Waals surface area (Å²) in [6.45, 7) is 1.92. The third kappa shape index (κ3) is 3.86. The minimum Gasteiger partial charge on any atom is -0.493 e. The Morgan fingerprint density at radius 1 is 1.35 bits per heavy atom. The molecule has 0 saturated carbocycles. The average Bonchev–Trinajstić information content (AvgIpc) is 2.45. The van der Waals surface area contributed by atoms with Gasteiger partial charge in [0.2, 0.25) is 5.91 Å². The van der Waals surface area contributed by atoms with Crippen LogP contribution in [-0.2, 0) is 4.79 Å². The number of amides is 2. The highest BCUT2D eigenvalue weighted by Gasteiger charge is 2.20. The van der Waals surface area contributed by atoms with Crippen LogP contribution in [0.2, 0.25) is 0 Å². The second kappa shape index (κ2) is 7.34. The number of benzene rings is 1. The molecule has 0 heterocycles. The molecule has 7 heteroatoms. The van der Waals surface area contributed by atoms with Gasteiger partial charge in [-0.15, -0.1) is 0 Å². The predicted octanol–water partition coefficient (Wildman–Crippen LogP) is 0.332. The van der Waals surface area contributed by atoms with Crippen LogP contribution in [-0.4, -0.2) is 25.0 Å². The zero-order valence-electron chi connectivity index (χ0n) is 11.5. The molecule has 110 valence electrons. The minimum absolute atomic E-state index is 0.296. The molecule has 0 aliphatic rings. The summed E-state index contributed by atoms with van der Waals surface area (Å²) < 4.78 is 10.7. The zero-order chi connectivity index (χ0) is 15.1. The first-order chi connectivity index (χ1) is 9.53. The van der Waals surface area contributed by atoms with Crippen molar-refractivity contribution in [1.29, 1.82) is 0 Å². The summed E-state index contributed by atoms with van der Waals surface area (Å²) in [5, 5.41) is 0. The Hall–Kier alpha value is -2.28. The van der Waals surface area contributed by atoms with E-state index in [1.54, 1.807) is 0 Å². The first-order valence-electron chi connectivity index (χ1n) is 6.18. The van der Waals surface area contributed by atoms with Crippen molar-refractivity contribution in [2.45, 2.75) is 25.9 Å². The number of rotatable bonds is 7. The number of hydrogen-bond acceptors (Lipinski definition) is 5. The normalized spacial score (nSPS) is 11.6. The lowest BCUT2D eigenvalue weighted by molar-refractivity contribution is -0.128. The van der Waals surface area contributed by atoms with Crippen LogP contribution in [0.4, 0.5) is 0 Å². The number of hydrazine groups is 1. The maximum Gasteiger partial charge on any atom is 0.274 e. The van der Waals surface area contributed by atoms with Crippen LogP contribution in [0, 0.1) is 0 Å². The van der Waals surface area contributed by atoms with E-state index < -0.39 is 17.9 Å². The van der Waals surface area contributed by atoms with Crippen molar-refractivity contribution in [3.63, 3.8) is 0 Å². The Morgan fingerprint density at radius 2 is 2.05 bits per heavy atom. The van der Waals surface area contributed by atoms with Crippen molar-refractivity contribution in [2.75, 3.05) is 7.11 Å². The number of nitrogens with two attached hydrogens (primary N) is 2. The molecule has 0 spiro atoms. The Morgan fingerprint density at radius 3 is 2.55 bits per heavy atom. The highest BCUT2D eigenvalue weighted by molar-refractivity contribution is 5.93. The van der Waals surface area contributed by atoms with Crippen molar-refractivity contribution in [2.24, 2.45) is 11.6 Å². The maximum atomic E-state index is 11.6. The van der Waals surface area contributed by atoms with Gasteiger partial charge in [-0.05, 0) is 24.6 Å². The number of nitrogens with one attached hydrogen (secondary N) is 1. The highest BCUT2D eigenvalue weighted by atomic mass is 16.5. The van der Waals surface area contributed by atoms with Crippen molar-refractivity contribution in [3.05, 3.63) is 23.8 Å². The lowest BCUT2D eigenvalue weighted by Gasteiger charge is -2.18. The quantitative estimate of drug-likeness (QED) is 0.378. The van der Waals surface area contributed by atoms with Crippen molar-refractivity contribution >= 4 is 11.8 Å². The Kier molecular flexibility index (Phi) is 5.79. The van der Waals surface area contributed by atoms with Gasteiger partial charge in [0.05, 0.1) is 7.11 Å². The van der Waals surface area contributed by atoms with Crippen molar-refractivity contribution in [3.8, 4) is 11.5 Å². The number of methoxy groups -OCH3 is 1. The smallest absolute Gasteiger partial charge is 0.274 e. The summed E-state index contributed by atoms with van der Waals surface area (Å²) in [6, 6.07) is 4.50. The summed E-state index contributed by atoms with van der Waals surface area (Å²) in [6.07, 6.45) is 0.530. The molecule has 7 nitrogen and oxygen atoms in total. The summed E-state index contributed by atoms with van der Waals surface area (Å²) in [5.41, 5.74) is 7.54. The molecule has 0 radical (unpaired) electrons. The van der Waals surface area contributed by atoms with Gasteiger partial charge in [0.25, 0.3) is 5.91 Å². The number of ether oxygens (including phenoxy) is 2. The first-order valence-corrected chi connectivity index (χ1v) is 6.18. The molecule has 1 unspecified atom stereocenters. The van der Waals surface area contributed by atoms with Gasteiger partial charge in [0.1, 0.15) is 0 Å². The van der Waals surface area contributed by atoms with E-state index in [9.17, 15) is 9.59 Å². The molecule has 1 aromatic rings. The lowest BCUT2D eigenvalue weighted by Crippen LogP contribution is -2.42. The van der Waals surface area contributed by atoms with E-state index in [0.29, 0.717) is 23.5 Å². The zero-order valence-corrected chi connectivity index (χ0v) is 11.5. The van der Waals surface area contributed by atoms with E-state index in [1.807, 2.05) is 6.92 Å². The summed E-state index contributed by atoms with van der Waals surface area (Å²) in [5.74, 6) is 4.80. The van der Waals surface area contributed by atoms with E-state index in [0.717, 1.165) is 6.42 Å². The summed E-state index contributed by atoms with van der Waals surface area (Å²) >= 11 is 0. The average molecular weight is 281 g/mol. The molecule has 0 aliphatic heterocycles.